The molecule has 2 aromatic heterocycles. The highest BCUT2D eigenvalue weighted by molar-refractivity contribution is 5.78. The third-order valence-electron chi connectivity index (χ3n) is 5.18. The van der Waals surface area contributed by atoms with Gasteiger partial charge in [0.05, 0.1) is 18.9 Å². The van der Waals surface area contributed by atoms with Crippen molar-refractivity contribution in [2.45, 2.75) is 51.0 Å². The number of hydrogen-bond donors (Lipinski definition) is 1. The van der Waals surface area contributed by atoms with Crippen molar-refractivity contribution in [2.75, 3.05) is 12.3 Å². The first-order valence-corrected chi connectivity index (χ1v) is 8.89. The van der Waals surface area contributed by atoms with Gasteiger partial charge in [0.1, 0.15) is 23.3 Å². The summed E-state index contributed by atoms with van der Waals surface area (Å²) in [5, 5.41) is 9.57. The molecule has 1 aliphatic carbocycles. The van der Waals surface area contributed by atoms with Gasteiger partial charge in [-0.25, -0.2) is 15.0 Å². The zero-order valence-electron chi connectivity index (χ0n) is 14.2. The number of pyridine rings is 1. The van der Waals surface area contributed by atoms with Gasteiger partial charge in [-0.2, -0.15) is 5.26 Å². The fourth-order valence-electron chi connectivity index (χ4n) is 3.87. The molecule has 2 N–H and O–H groups in total. The summed E-state index contributed by atoms with van der Waals surface area (Å²) in [4.78, 5) is 13.6. The highest BCUT2D eigenvalue weighted by Crippen LogP contribution is 2.35. The number of aromatic nitrogens is 3. The molecule has 1 aliphatic heterocycles. The van der Waals surface area contributed by atoms with E-state index in [1.165, 1.54) is 19.3 Å². The third kappa shape index (κ3) is 2.96. The summed E-state index contributed by atoms with van der Waals surface area (Å²) in [5.41, 5.74) is 9.85. The van der Waals surface area contributed by atoms with Gasteiger partial charge < -0.3 is 10.5 Å². The molecule has 3 heterocycles. The van der Waals surface area contributed by atoms with Gasteiger partial charge in [-0.15, -0.1) is 0 Å². The minimum absolute atomic E-state index is 0.273. The van der Waals surface area contributed by atoms with Crippen LogP contribution >= 0.6 is 0 Å². The Morgan fingerprint density at radius 1 is 1.16 bits per heavy atom. The Morgan fingerprint density at radius 3 is 2.64 bits per heavy atom. The molecule has 25 heavy (non-hydrogen) atoms. The number of ether oxygens (including phenoxy) is 1. The first-order chi connectivity index (χ1) is 12.3. The Hall–Kier alpha value is -2.52. The van der Waals surface area contributed by atoms with Crippen LogP contribution in [0.1, 0.15) is 60.7 Å². The number of hydrogen-bond acceptors (Lipinski definition) is 6. The zero-order valence-corrected chi connectivity index (χ0v) is 14.2. The molecule has 128 valence electrons. The van der Waals surface area contributed by atoms with E-state index in [1.54, 1.807) is 0 Å². The van der Waals surface area contributed by atoms with Gasteiger partial charge in [0.25, 0.3) is 0 Å². The lowest BCUT2D eigenvalue weighted by Gasteiger charge is -2.22. The molecular weight excluding hydrogens is 314 g/mol. The van der Waals surface area contributed by atoms with Crippen LogP contribution in [0.2, 0.25) is 0 Å². The fraction of sp³-hybridized carbons (Fsp3) is 0.474. The lowest BCUT2D eigenvalue weighted by atomic mass is 9.88. The van der Waals surface area contributed by atoms with Crippen molar-refractivity contribution in [3.63, 3.8) is 0 Å². The molecule has 0 amide bonds. The maximum Gasteiger partial charge on any atom is 0.142 e. The molecule has 2 aromatic rings. The maximum atomic E-state index is 9.57. The minimum atomic E-state index is 0.273. The van der Waals surface area contributed by atoms with E-state index in [0.29, 0.717) is 31.1 Å². The van der Waals surface area contributed by atoms with E-state index in [1.807, 2.05) is 12.4 Å². The van der Waals surface area contributed by atoms with E-state index in [9.17, 15) is 5.26 Å². The summed E-state index contributed by atoms with van der Waals surface area (Å²) in [6.45, 7) is 1.07. The summed E-state index contributed by atoms with van der Waals surface area (Å²) >= 11 is 0. The maximum absolute atomic E-state index is 9.57. The van der Waals surface area contributed by atoms with Crippen LogP contribution in [0.25, 0.3) is 11.1 Å². The van der Waals surface area contributed by atoms with E-state index in [0.717, 1.165) is 41.1 Å². The van der Waals surface area contributed by atoms with Crippen molar-refractivity contribution in [3.05, 3.63) is 35.0 Å². The second-order valence-electron chi connectivity index (χ2n) is 6.75. The van der Waals surface area contributed by atoms with Crippen molar-refractivity contribution in [3.8, 4) is 17.2 Å². The largest absolute Gasteiger partial charge is 0.383 e. The van der Waals surface area contributed by atoms with Crippen LogP contribution in [0.4, 0.5) is 5.82 Å². The molecule has 1 saturated carbocycles. The van der Waals surface area contributed by atoms with E-state index < -0.39 is 0 Å². The predicted molar refractivity (Wildman–Crippen MR) is 93.6 cm³/mol. The fourth-order valence-corrected chi connectivity index (χ4v) is 3.87. The quantitative estimate of drug-likeness (QED) is 0.905. The normalized spacial score (nSPS) is 17.7. The lowest BCUT2D eigenvalue weighted by molar-refractivity contribution is 0.109. The van der Waals surface area contributed by atoms with Crippen LogP contribution in [-0.2, 0) is 17.8 Å². The average molecular weight is 335 g/mol. The Morgan fingerprint density at radius 2 is 1.92 bits per heavy atom. The van der Waals surface area contributed by atoms with Gasteiger partial charge >= 0.3 is 0 Å². The van der Waals surface area contributed by atoms with Crippen LogP contribution in [0.15, 0.2) is 12.4 Å². The lowest BCUT2D eigenvalue weighted by Crippen LogP contribution is -2.16. The molecule has 6 heteroatoms. The standard InChI is InChI=1S/C19H21N5O/c20-8-14-17(15-11-25-7-6-16(15)24-18(14)21)13-9-22-19(23-10-13)12-4-2-1-3-5-12/h9-10,12H,1-7,11H2,(H2,21,24). The highest BCUT2D eigenvalue weighted by Gasteiger charge is 2.24. The number of nitrogens with zero attached hydrogens (tertiary/aromatic N) is 4. The first-order valence-electron chi connectivity index (χ1n) is 8.89. The topological polar surface area (TPSA) is 97.7 Å². The molecule has 2 aliphatic rings. The average Bonchev–Trinajstić information content (AvgIpc) is 2.68. The second-order valence-corrected chi connectivity index (χ2v) is 6.75. The van der Waals surface area contributed by atoms with Crippen LogP contribution in [-0.4, -0.2) is 21.6 Å². The van der Waals surface area contributed by atoms with Gasteiger partial charge in [-0.1, -0.05) is 19.3 Å². The number of nitrogen functional groups attached to an aromatic ring is 1. The van der Waals surface area contributed by atoms with Gasteiger partial charge in [-0.05, 0) is 12.8 Å². The Kier molecular flexibility index (Phi) is 4.33. The van der Waals surface area contributed by atoms with Crippen LogP contribution in [0.5, 0.6) is 0 Å². The molecular formula is C19H21N5O. The van der Waals surface area contributed by atoms with Gasteiger partial charge in [0, 0.05) is 41.4 Å². The van der Waals surface area contributed by atoms with Crippen molar-refractivity contribution >= 4 is 5.82 Å². The zero-order chi connectivity index (χ0) is 17.2. The molecule has 0 radical (unpaired) electrons. The smallest absolute Gasteiger partial charge is 0.142 e. The van der Waals surface area contributed by atoms with Gasteiger partial charge in [0.15, 0.2) is 0 Å². The number of rotatable bonds is 2. The minimum Gasteiger partial charge on any atom is -0.383 e. The predicted octanol–water partition coefficient (Wildman–Crippen LogP) is 3.11. The third-order valence-corrected chi connectivity index (χ3v) is 5.18. The molecule has 0 unspecified atom stereocenters. The number of nitrogens with two attached hydrogens (primary N) is 1. The highest BCUT2D eigenvalue weighted by atomic mass is 16.5. The van der Waals surface area contributed by atoms with Crippen LogP contribution in [0.3, 0.4) is 0 Å². The van der Waals surface area contributed by atoms with Crippen LogP contribution < -0.4 is 5.73 Å². The molecule has 6 nitrogen and oxygen atoms in total. The molecule has 0 bridgehead atoms. The van der Waals surface area contributed by atoms with E-state index in [2.05, 4.69) is 21.0 Å². The molecule has 1 fully saturated rings. The van der Waals surface area contributed by atoms with Gasteiger partial charge in [0.2, 0.25) is 0 Å². The Balaban J connectivity index is 1.76. The first kappa shape index (κ1) is 16.0. The van der Waals surface area contributed by atoms with Crippen molar-refractivity contribution in [2.24, 2.45) is 0 Å². The summed E-state index contributed by atoms with van der Waals surface area (Å²) < 4.78 is 5.59. The molecule has 0 atom stereocenters. The van der Waals surface area contributed by atoms with E-state index in [-0.39, 0.29) is 5.82 Å². The van der Waals surface area contributed by atoms with Crippen molar-refractivity contribution in [1.29, 1.82) is 5.26 Å². The van der Waals surface area contributed by atoms with E-state index >= 15 is 0 Å². The summed E-state index contributed by atoms with van der Waals surface area (Å²) in [5.74, 6) is 1.64. The SMILES string of the molecule is N#Cc1c(N)nc2c(c1-c1cnc(C3CCCCC3)nc1)COCC2. The molecule has 0 aromatic carbocycles. The monoisotopic (exact) mass is 335 g/mol. The molecule has 0 spiro atoms. The second kappa shape index (κ2) is 6.77. The van der Waals surface area contributed by atoms with Crippen molar-refractivity contribution < 1.29 is 4.74 Å². The Bertz CT molecular complexity index is 819. The number of nitriles is 1. The summed E-state index contributed by atoms with van der Waals surface area (Å²) in [7, 11) is 0. The van der Waals surface area contributed by atoms with E-state index in [4.69, 9.17) is 10.5 Å². The molecule has 0 saturated heterocycles. The van der Waals surface area contributed by atoms with Crippen molar-refractivity contribution in [1.82, 2.24) is 15.0 Å². The molecule has 4 rings (SSSR count). The number of anilines is 1. The van der Waals surface area contributed by atoms with Crippen LogP contribution in [0, 0.1) is 11.3 Å². The van der Waals surface area contributed by atoms with Gasteiger partial charge in [-0.3, -0.25) is 0 Å². The number of fused-ring (bicyclic) bond motifs is 1. The Labute approximate surface area is 147 Å². The summed E-state index contributed by atoms with van der Waals surface area (Å²) in [6, 6.07) is 2.19. The summed E-state index contributed by atoms with van der Waals surface area (Å²) in [6.07, 6.45) is 10.5.